The molecule has 0 aliphatic carbocycles. The number of rotatable bonds is 4. The van der Waals surface area contributed by atoms with Gasteiger partial charge in [-0.05, 0) is 30.8 Å². The predicted octanol–water partition coefficient (Wildman–Crippen LogP) is 3.32. The van der Waals surface area contributed by atoms with E-state index in [0.717, 1.165) is 23.2 Å². The molecule has 0 aliphatic heterocycles. The maximum absolute atomic E-state index is 10.8. The van der Waals surface area contributed by atoms with Crippen LogP contribution in [0.15, 0.2) is 48.5 Å². The van der Waals surface area contributed by atoms with Crippen LogP contribution in [0.4, 0.5) is 5.69 Å². The van der Waals surface area contributed by atoms with Crippen LogP contribution in [0.5, 0.6) is 0 Å². The Bertz CT molecular complexity index is 594. The second-order valence-electron chi connectivity index (χ2n) is 4.70. The van der Waals surface area contributed by atoms with Crippen LogP contribution in [0.3, 0.4) is 0 Å². The molecule has 0 unspecified atom stereocenters. The number of nitro benzene ring substituents is 1. The molecule has 0 heterocycles. The van der Waals surface area contributed by atoms with E-state index in [-0.39, 0.29) is 10.6 Å². The minimum Gasteiger partial charge on any atom is -0.305 e. The summed E-state index contributed by atoms with van der Waals surface area (Å²) in [6, 6.07) is 14.7. The molecule has 0 amide bonds. The Morgan fingerprint density at radius 3 is 2.53 bits per heavy atom. The molecule has 0 N–H and O–H groups in total. The van der Waals surface area contributed by atoms with Crippen molar-refractivity contribution in [2.24, 2.45) is 0 Å². The van der Waals surface area contributed by atoms with E-state index in [4.69, 9.17) is 0 Å². The van der Waals surface area contributed by atoms with Crippen molar-refractivity contribution in [3.8, 4) is 11.1 Å². The average molecular weight is 256 g/mol. The first-order chi connectivity index (χ1) is 9.08. The monoisotopic (exact) mass is 256 g/mol. The third kappa shape index (κ3) is 3.17. The van der Waals surface area contributed by atoms with Crippen LogP contribution in [-0.2, 0) is 6.54 Å². The molecule has 0 bridgehead atoms. The van der Waals surface area contributed by atoms with Gasteiger partial charge in [0.2, 0.25) is 0 Å². The zero-order valence-corrected chi connectivity index (χ0v) is 11.0. The van der Waals surface area contributed by atoms with Crippen molar-refractivity contribution >= 4 is 5.69 Å². The predicted molar refractivity (Wildman–Crippen MR) is 75.9 cm³/mol. The van der Waals surface area contributed by atoms with Gasteiger partial charge < -0.3 is 4.90 Å². The molecular weight excluding hydrogens is 240 g/mol. The van der Waals surface area contributed by atoms with Gasteiger partial charge in [-0.15, -0.1) is 0 Å². The topological polar surface area (TPSA) is 46.4 Å². The molecular formula is C15H16N2O2. The highest BCUT2D eigenvalue weighted by Crippen LogP contribution is 2.27. The number of hydrogen-bond acceptors (Lipinski definition) is 3. The van der Waals surface area contributed by atoms with Gasteiger partial charge in [0, 0.05) is 18.7 Å². The molecule has 0 aliphatic rings. The first kappa shape index (κ1) is 13.2. The Kier molecular flexibility index (Phi) is 3.92. The third-order valence-electron chi connectivity index (χ3n) is 2.87. The maximum atomic E-state index is 10.8. The van der Waals surface area contributed by atoms with E-state index >= 15 is 0 Å². The van der Waals surface area contributed by atoms with Crippen LogP contribution in [0.2, 0.25) is 0 Å². The molecule has 4 nitrogen and oxygen atoms in total. The number of nitrogens with zero attached hydrogens (tertiary/aromatic N) is 2. The quantitative estimate of drug-likeness (QED) is 0.622. The first-order valence-corrected chi connectivity index (χ1v) is 6.05. The fraction of sp³-hybridized carbons (Fsp3) is 0.200. The summed E-state index contributed by atoms with van der Waals surface area (Å²) in [5.74, 6) is 0. The van der Waals surface area contributed by atoms with Crippen molar-refractivity contribution in [2.75, 3.05) is 14.1 Å². The van der Waals surface area contributed by atoms with Gasteiger partial charge >= 0.3 is 0 Å². The second-order valence-corrected chi connectivity index (χ2v) is 4.70. The lowest BCUT2D eigenvalue weighted by molar-refractivity contribution is -0.384. The van der Waals surface area contributed by atoms with E-state index in [9.17, 15) is 10.1 Å². The number of benzene rings is 2. The summed E-state index contributed by atoms with van der Waals surface area (Å²) in [6.45, 7) is 0.804. The molecule has 2 rings (SSSR count). The Morgan fingerprint density at radius 1 is 1.11 bits per heavy atom. The SMILES string of the molecule is CN(C)Cc1ccccc1-c1cccc([N+](=O)[O-])c1. The van der Waals surface area contributed by atoms with Gasteiger partial charge in [-0.25, -0.2) is 0 Å². The number of nitro groups is 1. The van der Waals surface area contributed by atoms with E-state index in [0.29, 0.717) is 0 Å². The van der Waals surface area contributed by atoms with Gasteiger partial charge in [0.25, 0.3) is 5.69 Å². The van der Waals surface area contributed by atoms with Crippen molar-refractivity contribution in [3.63, 3.8) is 0 Å². The Balaban J connectivity index is 2.46. The number of hydrogen-bond donors (Lipinski definition) is 0. The number of non-ortho nitro benzene ring substituents is 1. The first-order valence-electron chi connectivity index (χ1n) is 6.05. The van der Waals surface area contributed by atoms with Gasteiger partial charge in [-0.2, -0.15) is 0 Å². The summed E-state index contributed by atoms with van der Waals surface area (Å²) in [5, 5.41) is 10.8. The van der Waals surface area contributed by atoms with Crippen molar-refractivity contribution in [1.82, 2.24) is 4.90 Å². The van der Waals surface area contributed by atoms with Crippen LogP contribution >= 0.6 is 0 Å². The maximum Gasteiger partial charge on any atom is 0.270 e. The zero-order chi connectivity index (χ0) is 13.8. The zero-order valence-electron chi connectivity index (χ0n) is 11.0. The molecule has 0 saturated carbocycles. The molecule has 0 aromatic heterocycles. The fourth-order valence-corrected chi connectivity index (χ4v) is 2.07. The minimum atomic E-state index is -0.363. The lowest BCUT2D eigenvalue weighted by atomic mass is 9.99. The third-order valence-corrected chi connectivity index (χ3v) is 2.87. The summed E-state index contributed by atoms with van der Waals surface area (Å²) in [6.07, 6.45) is 0. The smallest absolute Gasteiger partial charge is 0.270 e. The Hall–Kier alpha value is -2.20. The van der Waals surface area contributed by atoms with Crippen molar-refractivity contribution in [3.05, 3.63) is 64.2 Å². The largest absolute Gasteiger partial charge is 0.305 e. The molecule has 0 atom stereocenters. The van der Waals surface area contributed by atoms with E-state index in [1.54, 1.807) is 12.1 Å². The summed E-state index contributed by atoms with van der Waals surface area (Å²) >= 11 is 0. The Morgan fingerprint density at radius 2 is 1.84 bits per heavy atom. The van der Waals surface area contributed by atoms with Gasteiger partial charge in [0.15, 0.2) is 0 Å². The molecule has 0 radical (unpaired) electrons. The normalized spacial score (nSPS) is 10.7. The second kappa shape index (κ2) is 5.63. The van der Waals surface area contributed by atoms with Crippen molar-refractivity contribution in [1.29, 1.82) is 0 Å². The van der Waals surface area contributed by atoms with Crippen molar-refractivity contribution in [2.45, 2.75) is 6.54 Å². The Labute approximate surface area is 112 Å². The fourth-order valence-electron chi connectivity index (χ4n) is 2.07. The highest BCUT2D eigenvalue weighted by molar-refractivity contribution is 5.69. The van der Waals surface area contributed by atoms with Crippen LogP contribution in [0.1, 0.15) is 5.56 Å². The molecule has 0 fully saturated rings. The molecule has 2 aromatic carbocycles. The lowest BCUT2D eigenvalue weighted by Crippen LogP contribution is -2.11. The molecule has 98 valence electrons. The molecule has 0 saturated heterocycles. The van der Waals surface area contributed by atoms with E-state index in [2.05, 4.69) is 4.90 Å². The highest BCUT2D eigenvalue weighted by Gasteiger charge is 2.10. The van der Waals surface area contributed by atoms with Crippen molar-refractivity contribution < 1.29 is 4.92 Å². The molecule has 4 heteroatoms. The van der Waals surface area contributed by atoms with Gasteiger partial charge in [-0.1, -0.05) is 36.4 Å². The summed E-state index contributed by atoms with van der Waals surface area (Å²) in [7, 11) is 4.01. The highest BCUT2D eigenvalue weighted by atomic mass is 16.6. The van der Waals surface area contributed by atoms with Crippen LogP contribution in [0.25, 0.3) is 11.1 Å². The van der Waals surface area contributed by atoms with Crippen LogP contribution < -0.4 is 0 Å². The summed E-state index contributed by atoms with van der Waals surface area (Å²) in [4.78, 5) is 12.6. The van der Waals surface area contributed by atoms with Gasteiger partial charge in [-0.3, -0.25) is 10.1 Å². The van der Waals surface area contributed by atoms with E-state index in [1.165, 1.54) is 6.07 Å². The summed E-state index contributed by atoms with van der Waals surface area (Å²) in [5.41, 5.74) is 3.21. The average Bonchev–Trinajstić information content (AvgIpc) is 2.39. The minimum absolute atomic E-state index is 0.122. The molecule has 0 spiro atoms. The molecule has 2 aromatic rings. The van der Waals surface area contributed by atoms with Gasteiger partial charge in [0.05, 0.1) is 4.92 Å². The van der Waals surface area contributed by atoms with E-state index < -0.39 is 0 Å². The standard InChI is InChI=1S/C15H16N2O2/c1-16(2)11-13-6-3-4-9-15(13)12-7-5-8-14(10-12)17(18)19/h3-10H,11H2,1-2H3. The summed E-state index contributed by atoms with van der Waals surface area (Å²) < 4.78 is 0. The van der Waals surface area contributed by atoms with E-state index in [1.807, 2.05) is 44.4 Å². The van der Waals surface area contributed by atoms with Crippen LogP contribution in [0, 0.1) is 10.1 Å². The molecule has 19 heavy (non-hydrogen) atoms. The van der Waals surface area contributed by atoms with Gasteiger partial charge in [0.1, 0.15) is 0 Å². The lowest BCUT2D eigenvalue weighted by Gasteiger charge is -2.14. The van der Waals surface area contributed by atoms with Crippen LogP contribution in [-0.4, -0.2) is 23.9 Å².